The van der Waals surface area contributed by atoms with Crippen LogP contribution < -0.4 is 4.74 Å². The fraction of sp³-hybridized carbons (Fsp3) is 0.222. The van der Waals surface area contributed by atoms with Gasteiger partial charge in [0, 0.05) is 5.56 Å². The molecular formula is C9H10BrFO4. The molecule has 0 heterocycles. The number of ether oxygens (including phenoxy) is 1. The second-order valence-electron chi connectivity index (χ2n) is 2.60. The van der Waals surface area contributed by atoms with Crippen LogP contribution in [0.15, 0.2) is 18.2 Å². The highest BCUT2D eigenvalue weighted by atomic mass is 79.9. The monoisotopic (exact) mass is 280 g/mol. The van der Waals surface area contributed by atoms with Gasteiger partial charge in [-0.2, -0.15) is 0 Å². The molecular weight excluding hydrogens is 271 g/mol. The van der Waals surface area contributed by atoms with Crippen molar-refractivity contribution in [2.75, 3.05) is 7.11 Å². The topological polar surface area (TPSA) is 66.8 Å². The Morgan fingerprint density at radius 1 is 1.53 bits per heavy atom. The molecule has 0 aliphatic rings. The molecule has 0 radical (unpaired) electrons. The fourth-order valence-electron chi connectivity index (χ4n) is 1.09. The molecule has 4 nitrogen and oxygen atoms in total. The molecule has 0 bridgehead atoms. The minimum Gasteiger partial charge on any atom is -0.493 e. The zero-order valence-electron chi connectivity index (χ0n) is 7.81. The van der Waals surface area contributed by atoms with Gasteiger partial charge in [0.15, 0.2) is 17.7 Å². The zero-order chi connectivity index (χ0) is 10.7. The van der Waals surface area contributed by atoms with Crippen molar-refractivity contribution < 1.29 is 24.1 Å². The quantitative estimate of drug-likeness (QED) is 0.881. The van der Waals surface area contributed by atoms with Gasteiger partial charge in [-0.25, -0.2) is 9.18 Å². The summed E-state index contributed by atoms with van der Waals surface area (Å²) >= 11 is 0. The van der Waals surface area contributed by atoms with E-state index in [0.29, 0.717) is 0 Å². The maximum Gasteiger partial charge on any atom is 0.337 e. The van der Waals surface area contributed by atoms with Crippen molar-refractivity contribution in [1.82, 2.24) is 0 Å². The van der Waals surface area contributed by atoms with Crippen LogP contribution in [0.2, 0.25) is 0 Å². The number of para-hydroxylation sites is 1. The molecule has 1 aromatic rings. The van der Waals surface area contributed by atoms with Gasteiger partial charge in [-0.15, -0.1) is 17.0 Å². The molecule has 84 valence electrons. The smallest absolute Gasteiger partial charge is 0.337 e. The van der Waals surface area contributed by atoms with E-state index < -0.39 is 17.9 Å². The van der Waals surface area contributed by atoms with Crippen LogP contribution in [0.5, 0.6) is 5.75 Å². The van der Waals surface area contributed by atoms with E-state index in [1.165, 1.54) is 19.2 Å². The Hall–Kier alpha value is -1.14. The summed E-state index contributed by atoms with van der Waals surface area (Å²) < 4.78 is 17.7. The zero-order valence-corrected chi connectivity index (χ0v) is 9.52. The minimum absolute atomic E-state index is 0. The van der Waals surface area contributed by atoms with E-state index in [-0.39, 0.29) is 28.3 Å². The predicted octanol–water partition coefficient (Wildman–Crippen LogP) is 1.53. The molecule has 1 aromatic carbocycles. The SMILES string of the molecule is Br.COc1c(F)cccc1C(O)C(=O)O. The van der Waals surface area contributed by atoms with Gasteiger partial charge in [-0.1, -0.05) is 12.1 Å². The summed E-state index contributed by atoms with van der Waals surface area (Å²) in [7, 11) is 1.20. The second-order valence-corrected chi connectivity index (χ2v) is 2.60. The number of aliphatic carboxylic acids is 1. The van der Waals surface area contributed by atoms with Crippen molar-refractivity contribution >= 4 is 23.0 Å². The van der Waals surface area contributed by atoms with E-state index in [4.69, 9.17) is 5.11 Å². The first-order chi connectivity index (χ1) is 6.57. The van der Waals surface area contributed by atoms with Crippen molar-refractivity contribution in [3.63, 3.8) is 0 Å². The van der Waals surface area contributed by atoms with E-state index in [0.717, 1.165) is 6.07 Å². The number of carbonyl (C=O) groups is 1. The first-order valence-corrected chi connectivity index (χ1v) is 3.81. The molecule has 0 aliphatic heterocycles. The lowest BCUT2D eigenvalue weighted by atomic mass is 10.1. The third-order valence-electron chi connectivity index (χ3n) is 1.73. The number of halogens is 2. The van der Waals surface area contributed by atoms with Gasteiger partial charge >= 0.3 is 5.97 Å². The molecule has 1 atom stereocenters. The minimum atomic E-state index is -1.78. The van der Waals surface area contributed by atoms with Crippen LogP contribution in [0, 0.1) is 5.82 Å². The van der Waals surface area contributed by atoms with Crippen LogP contribution in [0.25, 0.3) is 0 Å². The standard InChI is InChI=1S/C9H9FO4.BrH/c1-14-8-5(7(11)9(12)13)3-2-4-6(8)10;/h2-4,7,11H,1H3,(H,12,13);1H. The van der Waals surface area contributed by atoms with E-state index >= 15 is 0 Å². The lowest BCUT2D eigenvalue weighted by Crippen LogP contribution is -2.12. The van der Waals surface area contributed by atoms with Crippen molar-refractivity contribution in [3.8, 4) is 5.75 Å². The maximum absolute atomic E-state index is 13.0. The Bertz CT molecular complexity index is 356. The molecule has 15 heavy (non-hydrogen) atoms. The molecule has 0 saturated heterocycles. The average Bonchev–Trinajstić information content (AvgIpc) is 2.16. The summed E-state index contributed by atoms with van der Waals surface area (Å²) in [5, 5.41) is 17.7. The average molecular weight is 281 g/mol. The summed E-state index contributed by atoms with van der Waals surface area (Å²) in [5.41, 5.74) is -0.0972. The van der Waals surface area contributed by atoms with Crippen LogP contribution in [0.3, 0.4) is 0 Å². The van der Waals surface area contributed by atoms with E-state index in [9.17, 15) is 14.3 Å². The van der Waals surface area contributed by atoms with Gasteiger partial charge < -0.3 is 14.9 Å². The maximum atomic E-state index is 13.0. The number of benzene rings is 1. The van der Waals surface area contributed by atoms with Crippen molar-refractivity contribution in [3.05, 3.63) is 29.6 Å². The Kier molecular flexibility index (Phi) is 5.24. The first kappa shape index (κ1) is 13.9. The first-order valence-electron chi connectivity index (χ1n) is 3.81. The van der Waals surface area contributed by atoms with Crippen LogP contribution in [0.4, 0.5) is 4.39 Å². The number of aliphatic hydroxyl groups excluding tert-OH is 1. The molecule has 1 rings (SSSR count). The van der Waals surface area contributed by atoms with Gasteiger partial charge in [-0.05, 0) is 6.07 Å². The third kappa shape index (κ3) is 2.90. The van der Waals surface area contributed by atoms with Gasteiger partial charge in [0.1, 0.15) is 0 Å². The molecule has 2 N–H and O–H groups in total. The number of methoxy groups -OCH3 is 1. The summed E-state index contributed by atoms with van der Waals surface area (Å²) in [6, 6.07) is 3.72. The Balaban J connectivity index is 0.00000196. The van der Waals surface area contributed by atoms with Crippen LogP contribution in [0.1, 0.15) is 11.7 Å². The van der Waals surface area contributed by atoms with Gasteiger partial charge in [0.25, 0.3) is 0 Å². The summed E-state index contributed by atoms with van der Waals surface area (Å²) in [6.45, 7) is 0. The van der Waals surface area contributed by atoms with Gasteiger partial charge in [-0.3, -0.25) is 0 Å². The van der Waals surface area contributed by atoms with E-state index in [2.05, 4.69) is 4.74 Å². The number of carboxylic acids is 1. The Labute approximate surface area is 96.1 Å². The highest BCUT2D eigenvalue weighted by molar-refractivity contribution is 8.93. The summed E-state index contributed by atoms with van der Waals surface area (Å²) in [5.74, 6) is -2.40. The van der Waals surface area contributed by atoms with Gasteiger partial charge in [0.05, 0.1) is 7.11 Å². The predicted molar refractivity (Wildman–Crippen MR) is 55.9 cm³/mol. The number of carboxylic acid groups (broad SMARTS) is 1. The second kappa shape index (κ2) is 5.67. The molecule has 0 amide bonds. The van der Waals surface area contributed by atoms with Crippen molar-refractivity contribution in [1.29, 1.82) is 0 Å². The van der Waals surface area contributed by atoms with Crippen LogP contribution in [-0.2, 0) is 4.79 Å². The lowest BCUT2D eigenvalue weighted by Gasteiger charge is -2.11. The molecule has 0 spiro atoms. The largest absolute Gasteiger partial charge is 0.493 e. The Morgan fingerprint density at radius 3 is 2.60 bits per heavy atom. The molecule has 6 heteroatoms. The summed E-state index contributed by atoms with van der Waals surface area (Å²) in [6.07, 6.45) is -1.78. The van der Waals surface area contributed by atoms with Crippen LogP contribution in [-0.4, -0.2) is 23.3 Å². The Morgan fingerprint density at radius 2 is 2.13 bits per heavy atom. The number of hydrogen-bond acceptors (Lipinski definition) is 3. The number of hydrogen-bond donors (Lipinski definition) is 2. The lowest BCUT2D eigenvalue weighted by molar-refractivity contribution is -0.147. The van der Waals surface area contributed by atoms with Crippen molar-refractivity contribution in [2.24, 2.45) is 0 Å². The summed E-state index contributed by atoms with van der Waals surface area (Å²) in [4.78, 5) is 10.5. The fourth-order valence-corrected chi connectivity index (χ4v) is 1.09. The van der Waals surface area contributed by atoms with Crippen LogP contribution >= 0.6 is 17.0 Å². The van der Waals surface area contributed by atoms with Gasteiger partial charge in [0.2, 0.25) is 0 Å². The molecule has 0 aromatic heterocycles. The van der Waals surface area contributed by atoms with Crippen molar-refractivity contribution in [2.45, 2.75) is 6.10 Å². The number of aliphatic hydroxyl groups is 1. The third-order valence-corrected chi connectivity index (χ3v) is 1.73. The van der Waals surface area contributed by atoms with E-state index in [1.807, 2.05) is 0 Å². The number of rotatable bonds is 3. The molecule has 0 saturated carbocycles. The highest BCUT2D eigenvalue weighted by Crippen LogP contribution is 2.27. The normalized spacial score (nSPS) is 11.4. The molecule has 0 fully saturated rings. The highest BCUT2D eigenvalue weighted by Gasteiger charge is 2.22. The molecule has 1 unspecified atom stereocenters. The van der Waals surface area contributed by atoms with E-state index in [1.54, 1.807) is 0 Å². The molecule has 0 aliphatic carbocycles.